The highest BCUT2D eigenvalue weighted by molar-refractivity contribution is 9.10. The molecule has 0 radical (unpaired) electrons. The first-order chi connectivity index (χ1) is 9.47. The number of hydrogen-bond donors (Lipinski definition) is 1. The van der Waals surface area contributed by atoms with Crippen molar-refractivity contribution >= 4 is 15.9 Å². The van der Waals surface area contributed by atoms with Gasteiger partial charge >= 0.3 is 0 Å². The lowest BCUT2D eigenvalue weighted by molar-refractivity contribution is 0.0888. The van der Waals surface area contributed by atoms with Gasteiger partial charge in [0.05, 0.1) is 17.7 Å². The maximum atomic E-state index is 5.90. The summed E-state index contributed by atoms with van der Waals surface area (Å²) >= 11 is 3.55. The highest BCUT2D eigenvalue weighted by Crippen LogP contribution is 2.37. The second-order valence-corrected chi connectivity index (χ2v) is 5.76. The van der Waals surface area contributed by atoms with E-state index in [1.165, 1.54) is 0 Å². The standard InChI is InChI=1S/C15H24BrNO3/c1-5-19-14-8-12(6-10(2)17)7-13(16)15(14)20-11(3)9-18-4/h7-8,10-11H,5-6,9,17H2,1-4H3. The van der Waals surface area contributed by atoms with Crippen LogP contribution in [0.5, 0.6) is 11.5 Å². The largest absolute Gasteiger partial charge is 0.490 e. The molecule has 1 rings (SSSR count). The fourth-order valence-electron chi connectivity index (χ4n) is 1.96. The molecule has 1 aromatic carbocycles. The Labute approximate surface area is 129 Å². The molecule has 0 saturated heterocycles. The van der Waals surface area contributed by atoms with Crippen LogP contribution in [0.1, 0.15) is 26.3 Å². The van der Waals surface area contributed by atoms with Crippen LogP contribution in [-0.2, 0) is 11.2 Å². The Morgan fingerprint density at radius 1 is 1.30 bits per heavy atom. The van der Waals surface area contributed by atoms with E-state index in [0.717, 1.165) is 22.2 Å². The highest BCUT2D eigenvalue weighted by Gasteiger charge is 2.15. The zero-order valence-corrected chi connectivity index (χ0v) is 14.2. The van der Waals surface area contributed by atoms with E-state index in [1.54, 1.807) is 7.11 Å². The van der Waals surface area contributed by atoms with Crippen molar-refractivity contribution < 1.29 is 14.2 Å². The molecule has 0 fully saturated rings. The Hall–Kier alpha value is -0.780. The van der Waals surface area contributed by atoms with Crippen molar-refractivity contribution in [2.24, 2.45) is 5.73 Å². The second-order valence-electron chi connectivity index (χ2n) is 4.90. The minimum Gasteiger partial charge on any atom is -0.490 e. The van der Waals surface area contributed by atoms with E-state index in [4.69, 9.17) is 19.9 Å². The Bertz CT molecular complexity index is 424. The summed E-state index contributed by atoms with van der Waals surface area (Å²) < 4.78 is 17.6. The number of rotatable bonds is 8. The molecule has 0 aromatic heterocycles. The molecule has 0 saturated carbocycles. The molecule has 0 spiro atoms. The lowest BCUT2D eigenvalue weighted by Gasteiger charge is -2.19. The Balaban J connectivity index is 3.02. The van der Waals surface area contributed by atoms with E-state index in [0.29, 0.717) is 19.0 Å². The van der Waals surface area contributed by atoms with Gasteiger partial charge in [-0.3, -0.25) is 0 Å². The lowest BCUT2D eigenvalue weighted by Crippen LogP contribution is -2.20. The zero-order chi connectivity index (χ0) is 15.1. The Morgan fingerprint density at radius 3 is 2.55 bits per heavy atom. The van der Waals surface area contributed by atoms with Gasteiger partial charge in [-0.2, -0.15) is 0 Å². The van der Waals surface area contributed by atoms with Crippen molar-refractivity contribution in [1.29, 1.82) is 0 Å². The van der Waals surface area contributed by atoms with Gasteiger partial charge in [0, 0.05) is 13.2 Å². The molecule has 1 aromatic rings. The number of hydrogen-bond acceptors (Lipinski definition) is 4. The summed E-state index contributed by atoms with van der Waals surface area (Å²) in [7, 11) is 1.66. The molecule has 0 amide bonds. The van der Waals surface area contributed by atoms with Crippen molar-refractivity contribution in [3.05, 3.63) is 22.2 Å². The molecule has 0 aliphatic rings. The predicted octanol–water partition coefficient (Wildman–Crippen LogP) is 3.15. The SMILES string of the molecule is CCOc1cc(CC(C)N)cc(Br)c1OC(C)COC. The van der Waals surface area contributed by atoms with Gasteiger partial charge in [0.1, 0.15) is 6.10 Å². The van der Waals surface area contributed by atoms with E-state index >= 15 is 0 Å². The van der Waals surface area contributed by atoms with Gasteiger partial charge in [0.25, 0.3) is 0 Å². The number of methoxy groups -OCH3 is 1. The van der Waals surface area contributed by atoms with Crippen LogP contribution < -0.4 is 15.2 Å². The predicted molar refractivity (Wildman–Crippen MR) is 84.6 cm³/mol. The van der Waals surface area contributed by atoms with Crippen LogP contribution in [0, 0.1) is 0 Å². The van der Waals surface area contributed by atoms with E-state index < -0.39 is 0 Å². The molecule has 4 nitrogen and oxygen atoms in total. The maximum absolute atomic E-state index is 5.90. The van der Waals surface area contributed by atoms with Crippen LogP contribution >= 0.6 is 15.9 Å². The molecule has 2 unspecified atom stereocenters. The van der Waals surface area contributed by atoms with Crippen molar-refractivity contribution in [3.8, 4) is 11.5 Å². The average Bonchev–Trinajstić information content (AvgIpc) is 2.33. The van der Waals surface area contributed by atoms with E-state index in [2.05, 4.69) is 15.9 Å². The highest BCUT2D eigenvalue weighted by atomic mass is 79.9. The summed E-state index contributed by atoms with van der Waals surface area (Å²) in [4.78, 5) is 0. The molecule has 0 aliphatic heterocycles. The summed E-state index contributed by atoms with van der Waals surface area (Å²) in [6, 6.07) is 4.13. The minimum atomic E-state index is -0.0465. The number of nitrogens with two attached hydrogens (primary N) is 1. The van der Waals surface area contributed by atoms with E-state index in [1.807, 2.05) is 32.9 Å². The summed E-state index contributed by atoms with van der Waals surface area (Å²) in [6.45, 7) is 7.01. The van der Waals surface area contributed by atoms with Crippen LogP contribution in [0.15, 0.2) is 16.6 Å². The molecule has 0 heterocycles. The molecule has 0 bridgehead atoms. The van der Waals surface area contributed by atoms with Gasteiger partial charge < -0.3 is 19.9 Å². The first-order valence-electron chi connectivity index (χ1n) is 6.84. The van der Waals surface area contributed by atoms with Gasteiger partial charge in [-0.1, -0.05) is 0 Å². The van der Waals surface area contributed by atoms with Gasteiger partial charge in [0.15, 0.2) is 11.5 Å². The molecule has 5 heteroatoms. The van der Waals surface area contributed by atoms with Crippen molar-refractivity contribution in [1.82, 2.24) is 0 Å². The van der Waals surface area contributed by atoms with E-state index in [-0.39, 0.29) is 12.1 Å². The summed E-state index contributed by atoms with van der Waals surface area (Å²) in [6.07, 6.45) is 0.752. The minimum absolute atomic E-state index is 0.0465. The third-order valence-electron chi connectivity index (χ3n) is 2.65. The Kier molecular flexibility index (Phi) is 7.34. The van der Waals surface area contributed by atoms with Crippen LogP contribution in [0.3, 0.4) is 0 Å². The zero-order valence-electron chi connectivity index (χ0n) is 12.6. The topological polar surface area (TPSA) is 53.7 Å². The monoisotopic (exact) mass is 345 g/mol. The van der Waals surface area contributed by atoms with Gasteiger partial charge in [-0.05, 0) is 60.8 Å². The number of halogens is 1. The van der Waals surface area contributed by atoms with Crippen LogP contribution in [0.2, 0.25) is 0 Å². The van der Waals surface area contributed by atoms with Crippen LogP contribution in [-0.4, -0.2) is 32.5 Å². The van der Waals surface area contributed by atoms with Crippen molar-refractivity contribution in [2.45, 2.75) is 39.3 Å². The first-order valence-corrected chi connectivity index (χ1v) is 7.63. The van der Waals surface area contributed by atoms with E-state index in [9.17, 15) is 0 Å². The van der Waals surface area contributed by atoms with Crippen LogP contribution in [0.25, 0.3) is 0 Å². The first kappa shape index (κ1) is 17.3. The van der Waals surface area contributed by atoms with Crippen LogP contribution in [0.4, 0.5) is 0 Å². The Morgan fingerprint density at radius 2 is 2.00 bits per heavy atom. The van der Waals surface area contributed by atoms with Gasteiger partial charge in [0.2, 0.25) is 0 Å². The van der Waals surface area contributed by atoms with Gasteiger partial charge in [-0.15, -0.1) is 0 Å². The third kappa shape index (κ3) is 5.31. The number of benzene rings is 1. The molecule has 2 N–H and O–H groups in total. The summed E-state index contributed by atoms with van der Waals surface area (Å²) in [5.74, 6) is 1.45. The third-order valence-corrected chi connectivity index (χ3v) is 3.24. The van der Waals surface area contributed by atoms with Crippen molar-refractivity contribution in [2.75, 3.05) is 20.3 Å². The molecule has 0 aliphatic carbocycles. The molecule has 20 heavy (non-hydrogen) atoms. The lowest BCUT2D eigenvalue weighted by atomic mass is 10.1. The smallest absolute Gasteiger partial charge is 0.175 e. The second kappa shape index (κ2) is 8.49. The summed E-state index contributed by atoms with van der Waals surface area (Å²) in [5, 5.41) is 0. The summed E-state index contributed by atoms with van der Waals surface area (Å²) in [5.41, 5.74) is 6.98. The fourth-order valence-corrected chi connectivity index (χ4v) is 2.54. The van der Waals surface area contributed by atoms with Crippen molar-refractivity contribution in [3.63, 3.8) is 0 Å². The molecular formula is C15H24BrNO3. The number of ether oxygens (including phenoxy) is 3. The fraction of sp³-hybridized carbons (Fsp3) is 0.600. The molecule has 2 atom stereocenters. The quantitative estimate of drug-likeness (QED) is 0.786. The van der Waals surface area contributed by atoms with Gasteiger partial charge in [-0.25, -0.2) is 0 Å². The normalized spacial score (nSPS) is 13.9. The molecular weight excluding hydrogens is 322 g/mol. The molecule has 114 valence electrons. The average molecular weight is 346 g/mol. The maximum Gasteiger partial charge on any atom is 0.175 e.